The molecule has 22 heavy (non-hydrogen) atoms. The standard InChI is InChI=1S/C16H13NO5/c18-13-12-11(14(19)20)10-5-6-16(12,22-10)15-17(13)9-4-2-1-3-8(9)7-21-15/h1-6,10-12,15H,7H2,(H,19,20)/t10-,11+,12-,15-,16-/m1/s1. The Labute approximate surface area is 125 Å². The van der Waals surface area contributed by atoms with Crippen LogP contribution in [0.2, 0.25) is 0 Å². The Morgan fingerprint density at radius 1 is 1.36 bits per heavy atom. The minimum atomic E-state index is -0.997. The van der Waals surface area contributed by atoms with E-state index < -0.39 is 35.7 Å². The normalized spacial score (nSPS) is 40.5. The molecule has 4 aliphatic rings. The van der Waals surface area contributed by atoms with Crippen molar-refractivity contribution in [3.05, 3.63) is 42.0 Å². The number of para-hydroxylation sites is 1. The van der Waals surface area contributed by atoms with Crippen molar-refractivity contribution >= 4 is 17.6 Å². The van der Waals surface area contributed by atoms with Gasteiger partial charge in [0, 0.05) is 5.56 Å². The van der Waals surface area contributed by atoms with Crippen LogP contribution in [0.1, 0.15) is 5.56 Å². The Hall–Kier alpha value is -2.18. The van der Waals surface area contributed by atoms with Crippen molar-refractivity contribution < 1.29 is 24.2 Å². The summed E-state index contributed by atoms with van der Waals surface area (Å²) in [5, 5.41) is 9.50. The lowest BCUT2D eigenvalue weighted by atomic mass is 9.76. The maximum Gasteiger partial charge on any atom is 0.310 e. The fourth-order valence-corrected chi connectivity index (χ4v) is 4.28. The molecule has 0 aromatic heterocycles. The lowest BCUT2D eigenvalue weighted by Crippen LogP contribution is -2.49. The van der Waals surface area contributed by atoms with Gasteiger partial charge in [0.15, 0.2) is 6.23 Å². The highest BCUT2D eigenvalue weighted by Gasteiger charge is 2.72. The number of nitrogens with zero attached hydrogens (tertiary/aromatic N) is 1. The van der Waals surface area contributed by atoms with Crippen molar-refractivity contribution in [2.24, 2.45) is 11.8 Å². The molecular weight excluding hydrogens is 286 g/mol. The first kappa shape index (κ1) is 12.4. The van der Waals surface area contributed by atoms with Crippen LogP contribution in [-0.4, -0.2) is 34.9 Å². The van der Waals surface area contributed by atoms with E-state index in [0.29, 0.717) is 6.61 Å². The van der Waals surface area contributed by atoms with E-state index in [1.807, 2.05) is 30.3 Å². The minimum absolute atomic E-state index is 0.226. The van der Waals surface area contributed by atoms with Crippen molar-refractivity contribution in [2.45, 2.75) is 24.5 Å². The molecule has 1 spiro atoms. The summed E-state index contributed by atoms with van der Waals surface area (Å²) < 4.78 is 11.8. The van der Waals surface area contributed by atoms with Gasteiger partial charge in [-0.15, -0.1) is 0 Å². The molecule has 2 bridgehead atoms. The van der Waals surface area contributed by atoms with Crippen molar-refractivity contribution in [2.75, 3.05) is 4.90 Å². The van der Waals surface area contributed by atoms with E-state index >= 15 is 0 Å². The largest absolute Gasteiger partial charge is 0.481 e. The topological polar surface area (TPSA) is 76.1 Å². The van der Waals surface area contributed by atoms with Crippen LogP contribution in [0.5, 0.6) is 0 Å². The summed E-state index contributed by atoms with van der Waals surface area (Å²) in [6.07, 6.45) is 2.42. The molecular formula is C16H13NO5. The fraction of sp³-hybridized carbons (Fsp3) is 0.375. The van der Waals surface area contributed by atoms with Gasteiger partial charge in [-0.25, -0.2) is 0 Å². The van der Waals surface area contributed by atoms with Crippen molar-refractivity contribution in [1.82, 2.24) is 0 Å². The quantitative estimate of drug-likeness (QED) is 0.780. The van der Waals surface area contributed by atoms with Crippen molar-refractivity contribution in [3.8, 4) is 0 Å². The smallest absolute Gasteiger partial charge is 0.310 e. The van der Waals surface area contributed by atoms with E-state index in [9.17, 15) is 14.7 Å². The Morgan fingerprint density at radius 3 is 3.00 bits per heavy atom. The summed E-state index contributed by atoms with van der Waals surface area (Å²) >= 11 is 0. The van der Waals surface area contributed by atoms with E-state index in [-0.39, 0.29) is 5.91 Å². The van der Waals surface area contributed by atoms with Gasteiger partial charge in [-0.2, -0.15) is 0 Å². The number of rotatable bonds is 1. The molecule has 0 unspecified atom stereocenters. The predicted octanol–water partition coefficient (Wildman–Crippen LogP) is 0.914. The Balaban J connectivity index is 1.69. The molecule has 0 radical (unpaired) electrons. The molecule has 0 aliphatic carbocycles. The second-order valence-corrected chi connectivity index (χ2v) is 6.14. The van der Waals surface area contributed by atoms with E-state index in [1.54, 1.807) is 11.0 Å². The number of benzene rings is 1. The predicted molar refractivity (Wildman–Crippen MR) is 73.9 cm³/mol. The molecule has 1 N–H and O–H groups in total. The summed E-state index contributed by atoms with van der Waals surface area (Å²) in [5.74, 6) is -2.80. The summed E-state index contributed by atoms with van der Waals surface area (Å²) in [6, 6.07) is 7.53. The molecule has 112 valence electrons. The molecule has 1 aromatic carbocycles. The number of aliphatic carboxylic acids is 1. The molecule has 4 heterocycles. The van der Waals surface area contributed by atoms with Gasteiger partial charge < -0.3 is 14.6 Å². The zero-order chi connectivity index (χ0) is 15.1. The number of carboxylic acid groups (broad SMARTS) is 1. The van der Waals surface area contributed by atoms with Gasteiger partial charge in [-0.3, -0.25) is 14.5 Å². The van der Waals surface area contributed by atoms with Gasteiger partial charge in [0.25, 0.3) is 0 Å². The van der Waals surface area contributed by atoms with Gasteiger partial charge in [0.05, 0.1) is 24.3 Å². The van der Waals surface area contributed by atoms with Crippen LogP contribution in [0.4, 0.5) is 5.69 Å². The SMILES string of the molecule is O=C(O)[C@H]1[C@H]2C=C[C@@]3(O2)[C@H]1C(=O)N1c2ccccc2CO[C@@H]13. The first-order chi connectivity index (χ1) is 10.6. The highest BCUT2D eigenvalue weighted by molar-refractivity contribution is 6.03. The Bertz CT molecular complexity index is 744. The second-order valence-electron chi connectivity index (χ2n) is 6.14. The number of fused-ring (bicyclic) bond motifs is 4. The maximum atomic E-state index is 13.0. The molecule has 0 saturated carbocycles. The zero-order valence-electron chi connectivity index (χ0n) is 11.5. The number of anilines is 1. The van der Waals surface area contributed by atoms with Crippen LogP contribution in [0, 0.1) is 11.8 Å². The molecule has 6 nitrogen and oxygen atoms in total. The summed E-state index contributed by atoms with van der Waals surface area (Å²) in [6.45, 7) is 0.388. The Morgan fingerprint density at radius 2 is 2.18 bits per heavy atom. The third kappa shape index (κ3) is 1.20. The van der Waals surface area contributed by atoms with Crippen LogP contribution < -0.4 is 4.90 Å². The van der Waals surface area contributed by atoms with Gasteiger partial charge in [0.2, 0.25) is 5.91 Å². The van der Waals surface area contributed by atoms with E-state index in [2.05, 4.69) is 0 Å². The molecule has 2 fully saturated rings. The number of hydrogen-bond donors (Lipinski definition) is 1. The third-order valence-corrected chi connectivity index (χ3v) is 5.14. The van der Waals surface area contributed by atoms with Crippen LogP contribution in [-0.2, 0) is 25.7 Å². The molecule has 5 rings (SSSR count). The monoisotopic (exact) mass is 299 g/mol. The van der Waals surface area contributed by atoms with Gasteiger partial charge >= 0.3 is 5.97 Å². The van der Waals surface area contributed by atoms with Gasteiger partial charge in [0.1, 0.15) is 11.5 Å². The van der Waals surface area contributed by atoms with Gasteiger partial charge in [-0.1, -0.05) is 24.3 Å². The van der Waals surface area contributed by atoms with Crippen LogP contribution in [0.25, 0.3) is 0 Å². The van der Waals surface area contributed by atoms with Crippen molar-refractivity contribution in [1.29, 1.82) is 0 Å². The highest BCUT2D eigenvalue weighted by Crippen LogP contribution is 2.57. The van der Waals surface area contributed by atoms with Crippen LogP contribution >= 0.6 is 0 Å². The summed E-state index contributed by atoms with van der Waals surface area (Å²) in [5.41, 5.74) is 0.740. The molecule has 5 atom stereocenters. The fourth-order valence-electron chi connectivity index (χ4n) is 4.28. The lowest BCUT2D eigenvalue weighted by molar-refractivity contribution is -0.146. The lowest BCUT2D eigenvalue weighted by Gasteiger charge is -2.37. The summed E-state index contributed by atoms with van der Waals surface area (Å²) in [7, 11) is 0. The first-order valence-electron chi connectivity index (χ1n) is 7.26. The average Bonchev–Trinajstić information content (AvgIpc) is 3.16. The van der Waals surface area contributed by atoms with E-state index in [4.69, 9.17) is 9.47 Å². The number of amides is 1. The maximum absolute atomic E-state index is 13.0. The van der Waals surface area contributed by atoms with E-state index in [0.717, 1.165) is 11.3 Å². The first-order valence-corrected chi connectivity index (χ1v) is 7.26. The van der Waals surface area contributed by atoms with Crippen LogP contribution in [0.15, 0.2) is 36.4 Å². The molecule has 4 aliphatic heterocycles. The van der Waals surface area contributed by atoms with E-state index in [1.165, 1.54) is 0 Å². The van der Waals surface area contributed by atoms with Crippen molar-refractivity contribution in [3.63, 3.8) is 0 Å². The molecule has 1 amide bonds. The minimum Gasteiger partial charge on any atom is -0.481 e. The molecule has 6 heteroatoms. The average molecular weight is 299 g/mol. The number of carbonyl (C=O) groups excluding carboxylic acids is 1. The molecule has 2 saturated heterocycles. The molecule has 1 aromatic rings. The van der Waals surface area contributed by atoms with Crippen LogP contribution in [0.3, 0.4) is 0 Å². The van der Waals surface area contributed by atoms with Gasteiger partial charge in [-0.05, 0) is 12.1 Å². The third-order valence-electron chi connectivity index (χ3n) is 5.14. The number of carboxylic acids is 1. The summed E-state index contributed by atoms with van der Waals surface area (Å²) in [4.78, 5) is 26.1. The zero-order valence-corrected chi connectivity index (χ0v) is 11.5. The highest BCUT2D eigenvalue weighted by atomic mass is 16.6. The number of ether oxygens (including phenoxy) is 2. The number of carbonyl (C=O) groups is 2. The Kier molecular flexibility index (Phi) is 2.12. The second kappa shape index (κ2) is 3.77. The number of hydrogen-bond acceptors (Lipinski definition) is 4.